The molecule has 0 saturated heterocycles. The van der Waals surface area contributed by atoms with Crippen molar-refractivity contribution in [2.45, 2.75) is 33.1 Å². The molecule has 0 radical (unpaired) electrons. The second-order valence-electron chi connectivity index (χ2n) is 4.85. The van der Waals surface area contributed by atoms with Gasteiger partial charge >= 0.3 is 0 Å². The molecule has 0 bridgehead atoms. The van der Waals surface area contributed by atoms with E-state index in [1.807, 2.05) is 11.3 Å². The highest BCUT2D eigenvalue weighted by atomic mass is 127. The fraction of sp³-hybridized carbons (Fsp3) is 0.333. The van der Waals surface area contributed by atoms with Gasteiger partial charge in [0, 0.05) is 9.75 Å². The van der Waals surface area contributed by atoms with Crippen molar-refractivity contribution >= 4 is 68.0 Å². The van der Waals surface area contributed by atoms with Crippen LogP contribution in [0.1, 0.15) is 40.1 Å². The standard InChI is InChI=1S/C15H14ClIS2/c1-8-12(6-14(16)18-8)10-4-3-5-11(10)13-7-15(17)19-9(13)2/h6-7H,3-5H2,1-2H3. The molecular formula is C15H14ClIS2. The van der Waals surface area contributed by atoms with Crippen molar-refractivity contribution in [3.8, 4) is 0 Å². The first-order valence-electron chi connectivity index (χ1n) is 6.31. The van der Waals surface area contributed by atoms with Crippen LogP contribution in [0.3, 0.4) is 0 Å². The van der Waals surface area contributed by atoms with Gasteiger partial charge in [-0.2, -0.15) is 0 Å². The van der Waals surface area contributed by atoms with E-state index in [0.29, 0.717) is 0 Å². The van der Waals surface area contributed by atoms with Gasteiger partial charge in [0.15, 0.2) is 0 Å². The number of aryl methyl sites for hydroxylation is 2. The Balaban J connectivity index is 2.15. The van der Waals surface area contributed by atoms with E-state index in [0.717, 1.165) is 4.34 Å². The van der Waals surface area contributed by atoms with E-state index >= 15 is 0 Å². The highest BCUT2D eigenvalue weighted by molar-refractivity contribution is 14.1. The number of rotatable bonds is 2. The molecule has 0 atom stereocenters. The van der Waals surface area contributed by atoms with E-state index in [2.05, 4.69) is 48.6 Å². The van der Waals surface area contributed by atoms with Crippen molar-refractivity contribution in [3.05, 3.63) is 40.2 Å². The van der Waals surface area contributed by atoms with E-state index < -0.39 is 0 Å². The molecule has 0 N–H and O–H groups in total. The first kappa shape index (κ1) is 14.1. The summed E-state index contributed by atoms with van der Waals surface area (Å²) in [7, 11) is 0. The van der Waals surface area contributed by atoms with E-state index in [1.165, 1.54) is 48.6 Å². The van der Waals surface area contributed by atoms with Crippen molar-refractivity contribution in [2.24, 2.45) is 0 Å². The minimum Gasteiger partial charge on any atom is -0.134 e. The molecule has 3 rings (SSSR count). The van der Waals surface area contributed by atoms with Crippen LogP contribution in [0.4, 0.5) is 0 Å². The Morgan fingerprint density at radius 3 is 2.05 bits per heavy atom. The van der Waals surface area contributed by atoms with Gasteiger partial charge in [0.05, 0.1) is 7.22 Å². The fourth-order valence-corrected chi connectivity index (χ4v) is 6.11. The quantitative estimate of drug-likeness (QED) is 0.470. The Labute approximate surface area is 140 Å². The topological polar surface area (TPSA) is 0 Å². The first-order valence-corrected chi connectivity index (χ1v) is 9.40. The van der Waals surface area contributed by atoms with Crippen molar-refractivity contribution in [2.75, 3.05) is 0 Å². The van der Waals surface area contributed by atoms with Gasteiger partial charge in [-0.05, 0) is 90.1 Å². The van der Waals surface area contributed by atoms with Gasteiger partial charge in [0.1, 0.15) is 0 Å². The molecule has 0 amide bonds. The summed E-state index contributed by atoms with van der Waals surface area (Å²) in [6.07, 6.45) is 3.66. The molecule has 0 unspecified atom stereocenters. The van der Waals surface area contributed by atoms with Crippen LogP contribution in [0.25, 0.3) is 11.1 Å². The van der Waals surface area contributed by atoms with Gasteiger partial charge in [-0.25, -0.2) is 0 Å². The second-order valence-corrected chi connectivity index (χ2v) is 9.89. The van der Waals surface area contributed by atoms with E-state index in [9.17, 15) is 0 Å². The molecule has 19 heavy (non-hydrogen) atoms. The van der Waals surface area contributed by atoms with Crippen molar-refractivity contribution in [1.82, 2.24) is 0 Å². The average Bonchev–Trinajstić information content (AvgIpc) is 2.98. The molecule has 2 aromatic rings. The predicted octanol–water partition coefficient (Wildman–Crippen LogP) is 6.78. The van der Waals surface area contributed by atoms with Crippen LogP contribution >= 0.6 is 56.9 Å². The number of halogens is 2. The molecule has 0 aliphatic heterocycles. The summed E-state index contributed by atoms with van der Waals surface area (Å²) >= 11 is 12.2. The summed E-state index contributed by atoms with van der Waals surface area (Å²) in [4.78, 5) is 2.79. The largest absolute Gasteiger partial charge is 0.134 e. The van der Waals surface area contributed by atoms with Crippen LogP contribution in [0, 0.1) is 16.7 Å². The monoisotopic (exact) mass is 420 g/mol. The van der Waals surface area contributed by atoms with Gasteiger partial charge in [-0.1, -0.05) is 11.6 Å². The summed E-state index contributed by atoms with van der Waals surface area (Å²) in [6.45, 7) is 4.41. The summed E-state index contributed by atoms with van der Waals surface area (Å²) in [5.41, 5.74) is 5.92. The summed E-state index contributed by atoms with van der Waals surface area (Å²) < 4.78 is 2.28. The third kappa shape index (κ3) is 2.67. The van der Waals surface area contributed by atoms with Gasteiger partial charge in [-0.3, -0.25) is 0 Å². The summed E-state index contributed by atoms with van der Waals surface area (Å²) in [6, 6.07) is 4.49. The molecule has 0 aromatic carbocycles. The van der Waals surface area contributed by atoms with E-state index in [4.69, 9.17) is 11.6 Å². The third-order valence-corrected chi connectivity index (χ3v) is 6.63. The number of thiophene rings is 2. The highest BCUT2D eigenvalue weighted by Gasteiger charge is 2.22. The number of hydrogen-bond acceptors (Lipinski definition) is 2. The summed E-state index contributed by atoms with van der Waals surface area (Å²) in [5, 5.41) is 0. The molecule has 0 saturated carbocycles. The predicted molar refractivity (Wildman–Crippen MR) is 96.5 cm³/mol. The fourth-order valence-electron chi connectivity index (χ4n) is 2.83. The van der Waals surface area contributed by atoms with E-state index in [1.54, 1.807) is 16.9 Å². The minimum atomic E-state index is 0.905. The van der Waals surface area contributed by atoms with Crippen LogP contribution < -0.4 is 0 Å². The van der Waals surface area contributed by atoms with Crippen molar-refractivity contribution in [3.63, 3.8) is 0 Å². The van der Waals surface area contributed by atoms with Crippen LogP contribution in [0.15, 0.2) is 12.1 Å². The van der Waals surface area contributed by atoms with Gasteiger partial charge in [0.2, 0.25) is 0 Å². The number of hydrogen-bond donors (Lipinski definition) is 0. The highest BCUT2D eigenvalue weighted by Crippen LogP contribution is 2.45. The smallest absolute Gasteiger partial charge is 0.0937 e. The normalized spacial score (nSPS) is 15.6. The Kier molecular flexibility index (Phi) is 4.09. The van der Waals surface area contributed by atoms with Crippen LogP contribution in [0.2, 0.25) is 4.34 Å². The Morgan fingerprint density at radius 2 is 1.58 bits per heavy atom. The molecule has 100 valence electrons. The maximum Gasteiger partial charge on any atom is 0.0937 e. The molecule has 0 fully saturated rings. The summed E-state index contributed by atoms with van der Waals surface area (Å²) in [5.74, 6) is 0. The lowest BCUT2D eigenvalue weighted by molar-refractivity contribution is 0.941. The third-order valence-electron chi connectivity index (χ3n) is 3.64. The lowest BCUT2D eigenvalue weighted by atomic mass is 9.98. The molecule has 1 aliphatic carbocycles. The number of allylic oxidation sites excluding steroid dienone is 2. The maximum absolute atomic E-state index is 6.17. The molecule has 2 heterocycles. The van der Waals surface area contributed by atoms with Crippen LogP contribution in [-0.4, -0.2) is 0 Å². The molecule has 4 heteroatoms. The molecule has 0 spiro atoms. The van der Waals surface area contributed by atoms with Crippen molar-refractivity contribution < 1.29 is 0 Å². The molecule has 1 aliphatic rings. The maximum atomic E-state index is 6.17. The second kappa shape index (κ2) is 5.51. The van der Waals surface area contributed by atoms with E-state index in [-0.39, 0.29) is 0 Å². The zero-order chi connectivity index (χ0) is 13.6. The Bertz CT molecular complexity index is 607. The SMILES string of the molecule is Cc1sc(Cl)cc1C1=C(c2cc(I)sc2C)CCC1. The molecule has 2 aromatic heterocycles. The average molecular weight is 421 g/mol. The van der Waals surface area contributed by atoms with Gasteiger partial charge in [0.25, 0.3) is 0 Å². The lowest BCUT2D eigenvalue weighted by Gasteiger charge is -2.07. The lowest BCUT2D eigenvalue weighted by Crippen LogP contribution is -1.86. The zero-order valence-corrected chi connectivity index (χ0v) is 15.4. The first-order chi connectivity index (χ1) is 9.06. The van der Waals surface area contributed by atoms with Gasteiger partial charge < -0.3 is 0 Å². The van der Waals surface area contributed by atoms with Crippen molar-refractivity contribution in [1.29, 1.82) is 0 Å². The molecular weight excluding hydrogens is 407 g/mol. The molecule has 0 nitrogen and oxygen atoms in total. The minimum absolute atomic E-state index is 0.905. The zero-order valence-electron chi connectivity index (χ0n) is 10.8. The Morgan fingerprint density at radius 1 is 1.00 bits per heavy atom. The van der Waals surface area contributed by atoms with Crippen LogP contribution in [-0.2, 0) is 0 Å². The van der Waals surface area contributed by atoms with Gasteiger partial charge in [-0.15, -0.1) is 22.7 Å². The Hall–Kier alpha value is 0.160. The van der Waals surface area contributed by atoms with Crippen LogP contribution in [0.5, 0.6) is 0 Å².